The van der Waals surface area contributed by atoms with E-state index in [4.69, 9.17) is 9.47 Å². The van der Waals surface area contributed by atoms with Crippen LogP contribution < -0.4 is 14.4 Å². The van der Waals surface area contributed by atoms with Crippen molar-refractivity contribution in [3.05, 3.63) is 81.7 Å². The maximum absolute atomic E-state index is 14.8. The molecular formula is C26H34BrFN2O2. The average molecular weight is 505 g/mol. The third kappa shape index (κ3) is 7.83. The number of pyridine rings is 1. The predicted molar refractivity (Wildman–Crippen MR) is 135 cm³/mol. The Labute approximate surface area is 200 Å². The molecule has 0 aliphatic heterocycles. The Kier molecular flexibility index (Phi) is 12.4. The molecule has 174 valence electrons. The van der Waals surface area contributed by atoms with Crippen molar-refractivity contribution < 1.29 is 13.9 Å². The van der Waals surface area contributed by atoms with E-state index >= 15 is 0 Å². The number of halogens is 2. The number of ether oxygens (including phenoxy) is 2. The van der Waals surface area contributed by atoms with Gasteiger partial charge >= 0.3 is 0 Å². The van der Waals surface area contributed by atoms with Gasteiger partial charge in [-0.2, -0.15) is 0 Å². The highest BCUT2D eigenvalue weighted by atomic mass is 79.9. The maximum Gasteiger partial charge on any atom is 0.166 e. The monoisotopic (exact) mass is 504 g/mol. The summed E-state index contributed by atoms with van der Waals surface area (Å²) in [5, 5.41) is 0. The van der Waals surface area contributed by atoms with Gasteiger partial charge in [0.05, 0.1) is 14.2 Å². The molecule has 0 radical (unpaired) electrons. The van der Waals surface area contributed by atoms with Crippen LogP contribution in [0.3, 0.4) is 0 Å². The first-order valence-corrected chi connectivity index (χ1v) is 11.6. The molecule has 0 saturated carbocycles. The molecule has 4 nitrogen and oxygen atoms in total. The quantitative estimate of drug-likeness (QED) is 0.310. The van der Waals surface area contributed by atoms with E-state index in [9.17, 15) is 4.39 Å². The van der Waals surface area contributed by atoms with Crippen LogP contribution in [0.1, 0.15) is 44.4 Å². The third-order valence-electron chi connectivity index (χ3n) is 4.45. The highest BCUT2D eigenvalue weighted by molar-refractivity contribution is 9.10. The van der Waals surface area contributed by atoms with Crippen LogP contribution in [0.2, 0.25) is 0 Å². The average Bonchev–Trinajstić information content (AvgIpc) is 2.84. The number of methoxy groups -OCH3 is 2. The molecule has 32 heavy (non-hydrogen) atoms. The molecule has 1 heterocycles. The van der Waals surface area contributed by atoms with Gasteiger partial charge in [0.25, 0.3) is 0 Å². The molecular weight excluding hydrogens is 471 g/mol. The molecule has 0 N–H and O–H groups in total. The molecule has 6 heteroatoms. The van der Waals surface area contributed by atoms with Crippen molar-refractivity contribution in [2.24, 2.45) is 0 Å². The summed E-state index contributed by atoms with van der Waals surface area (Å²) in [6, 6.07) is 17.0. The molecule has 0 bridgehead atoms. The number of hydrogen-bond donors (Lipinski definition) is 0. The van der Waals surface area contributed by atoms with Crippen LogP contribution in [-0.4, -0.2) is 19.2 Å². The molecule has 0 fully saturated rings. The molecule has 0 unspecified atom stereocenters. The SMILES string of the molecule is CC.CC.COc1ccc(CN(Cc2ccc(OC)cc2)c2nc(Br)c(C)cc2F)cc1. The van der Waals surface area contributed by atoms with Gasteiger partial charge in [-0.1, -0.05) is 52.0 Å². The van der Waals surface area contributed by atoms with Gasteiger partial charge in [0.1, 0.15) is 16.1 Å². The van der Waals surface area contributed by atoms with Crippen LogP contribution >= 0.6 is 15.9 Å². The fourth-order valence-corrected chi connectivity index (χ4v) is 3.16. The first-order valence-electron chi connectivity index (χ1n) is 10.8. The predicted octanol–water partition coefficient (Wildman–Crippen LogP) is 7.57. The van der Waals surface area contributed by atoms with Gasteiger partial charge in [0.15, 0.2) is 11.6 Å². The van der Waals surface area contributed by atoms with Crippen LogP contribution in [0.15, 0.2) is 59.2 Å². The van der Waals surface area contributed by atoms with Crippen LogP contribution in [0.25, 0.3) is 0 Å². The van der Waals surface area contributed by atoms with Crippen molar-refractivity contribution in [2.45, 2.75) is 47.7 Å². The van der Waals surface area contributed by atoms with Gasteiger partial charge in [0, 0.05) is 13.1 Å². The van der Waals surface area contributed by atoms with Crippen LogP contribution in [0, 0.1) is 12.7 Å². The summed E-state index contributed by atoms with van der Waals surface area (Å²) in [6.45, 7) is 10.8. The summed E-state index contributed by atoms with van der Waals surface area (Å²) in [7, 11) is 3.27. The first-order chi connectivity index (χ1) is 15.5. The Balaban J connectivity index is 0.00000121. The zero-order valence-electron chi connectivity index (χ0n) is 20.1. The van der Waals surface area contributed by atoms with Crippen LogP contribution in [0.4, 0.5) is 10.2 Å². The Morgan fingerprint density at radius 1 is 0.812 bits per heavy atom. The number of aryl methyl sites for hydroxylation is 1. The summed E-state index contributed by atoms with van der Waals surface area (Å²) in [6.07, 6.45) is 0. The molecule has 0 amide bonds. The molecule has 0 aliphatic carbocycles. The Hall–Kier alpha value is -2.60. The van der Waals surface area contributed by atoms with E-state index in [0.717, 1.165) is 28.2 Å². The summed E-state index contributed by atoms with van der Waals surface area (Å²) >= 11 is 3.42. The maximum atomic E-state index is 14.8. The number of benzene rings is 2. The van der Waals surface area contributed by atoms with Crippen LogP contribution in [-0.2, 0) is 13.1 Å². The highest BCUT2D eigenvalue weighted by Gasteiger charge is 2.17. The molecule has 0 aliphatic rings. The van der Waals surface area contributed by atoms with Gasteiger partial charge in [-0.15, -0.1) is 0 Å². The van der Waals surface area contributed by atoms with Crippen molar-refractivity contribution in [1.29, 1.82) is 0 Å². The van der Waals surface area contributed by atoms with E-state index in [2.05, 4.69) is 20.9 Å². The van der Waals surface area contributed by atoms with Gasteiger partial charge < -0.3 is 14.4 Å². The van der Waals surface area contributed by atoms with Gasteiger partial charge in [-0.25, -0.2) is 9.37 Å². The normalized spacial score (nSPS) is 9.66. The lowest BCUT2D eigenvalue weighted by atomic mass is 10.1. The number of rotatable bonds is 7. The van der Waals surface area contributed by atoms with Crippen molar-refractivity contribution in [3.63, 3.8) is 0 Å². The second kappa shape index (κ2) is 14.5. The van der Waals surface area contributed by atoms with Crippen molar-refractivity contribution in [2.75, 3.05) is 19.1 Å². The number of aromatic nitrogens is 1. The van der Waals surface area contributed by atoms with E-state index in [-0.39, 0.29) is 5.82 Å². The van der Waals surface area contributed by atoms with Crippen LogP contribution in [0.5, 0.6) is 11.5 Å². The van der Waals surface area contributed by atoms with E-state index < -0.39 is 0 Å². The molecule has 0 spiro atoms. The topological polar surface area (TPSA) is 34.6 Å². The van der Waals surface area contributed by atoms with E-state index in [0.29, 0.717) is 23.5 Å². The summed E-state index contributed by atoms with van der Waals surface area (Å²) in [5.74, 6) is 1.53. The lowest BCUT2D eigenvalue weighted by Crippen LogP contribution is -2.24. The second-order valence-corrected chi connectivity index (χ2v) is 7.20. The Morgan fingerprint density at radius 3 is 1.59 bits per heavy atom. The highest BCUT2D eigenvalue weighted by Crippen LogP contribution is 2.27. The summed E-state index contributed by atoms with van der Waals surface area (Å²) in [4.78, 5) is 6.37. The molecule has 2 aromatic carbocycles. The fraction of sp³-hybridized carbons (Fsp3) is 0.346. The van der Waals surface area contributed by atoms with Gasteiger partial charge in [-0.05, 0) is 69.9 Å². The smallest absolute Gasteiger partial charge is 0.166 e. The van der Waals surface area contributed by atoms with E-state index in [1.54, 1.807) is 14.2 Å². The Bertz CT molecular complexity index is 882. The minimum atomic E-state index is -0.345. The fourth-order valence-electron chi connectivity index (χ4n) is 2.88. The van der Waals surface area contributed by atoms with Crippen molar-refractivity contribution >= 4 is 21.7 Å². The second-order valence-electron chi connectivity index (χ2n) is 6.45. The number of nitrogens with zero attached hydrogens (tertiary/aromatic N) is 2. The van der Waals surface area contributed by atoms with Gasteiger partial charge in [-0.3, -0.25) is 0 Å². The largest absolute Gasteiger partial charge is 0.497 e. The van der Waals surface area contributed by atoms with Gasteiger partial charge in [0.2, 0.25) is 0 Å². The number of hydrogen-bond acceptors (Lipinski definition) is 4. The number of anilines is 1. The Morgan fingerprint density at radius 2 is 1.22 bits per heavy atom. The first kappa shape index (κ1) is 27.4. The minimum absolute atomic E-state index is 0.309. The minimum Gasteiger partial charge on any atom is -0.497 e. The standard InChI is InChI=1S/C22H22BrFN2O2.2C2H6/c1-15-12-20(24)22(25-21(15)23)26(13-16-4-8-18(27-2)9-5-16)14-17-6-10-19(28-3)11-7-17;2*1-2/h4-12H,13-14H2,1-3H3;2*1-2H3. The third-order valence-corrected chi connectivity index (χ3v) is 5.25. The summed E-state index contributed by atoms with van der Waals surface area (Å²) in [5.41, 5.74) is 2.83. The molecule has 1 aromatic heterocycles. The molecule has 3 rings (SSSR count). The lowest BCUT2D eigenvalue weighted by molar-refractivity contribution is 0.414. The lowest BCUT2D eigenvalue weighted by Gasteiger charge is -2.25. The molecule has 0 saturated heterocycles. The molecule has 3 aromatic rings. The van der Waals surface area contributed by atoms with Crippen molar-refractivity contribution in [1.82, 2.24) is 4.98 Å². The van der Waals surface area contributed by atoms with Crippen molar-refractivity contribution in [3.8, 4) is 11.5 Å². The zero-order chi connectivity index (χ0) is 24.1. The summed E-state index contributed by atoms with van der Waals surface area (Å²) < 4.78 is 25.8. The van der Waals surface area contributed by atoms with E-state index in [1.807, 2.05) is 88.0 Å². The molecule has 0 atom stereocenters. The zero-order valence-corrected chi connectivity index (χ0v) is 21.7. The van der Waals surface area contributed by atoms with E-state index in [1.165, 1.54) is 6.07 Å².